The molecule has 1 rings (SSSR count). The second-order valence-corrected chi connectivity index (χ2v) is 3.14. The van der Waals surface area contributed by atoms with Gasteiger partial charge in [0, 0.05) is 20.6 Å². The lowest BCUT2D eigenvalue weighted by atomic mass is 9.93. The molecule has 0 aromatic carbocycles. The Morgan fingerprint density at radius 1 is 1.42 bits per heavy atom. The molecule has 3 nitrogen and oxygen atoms in total. The van der Waals surface area contributed by atoms with Crippen molar-refractivity contribution in [2.45, 2.75) is 31.7 Å². The SMILES string of the molecule is CO[C@H]1C[C@H](O)[C@@H](OC)C=C1C. The number of hydrogen-bond acceptors (Lipinski definition) is 3. The lowest BCUT2D eigenvalue weighted by molar-refractivity contribution is -0.0248. The molecule has 0 aromatic heterocycles. The van der Waals surface area contributed by atoms with Crippen LogP contribution >= 0.6 is 0 Å². The van der Waals surface area contributed by atoms with Crippen molar-refractivity contribution in [3.8, 4) is 0 Å². The van der Waals surface area contributed by atoms with Crippen molar-refractivity contribution in [3.05, 3.63) is 11.6 Å². The highest BCUT2D eigenvalue weighted by Gasteiger charge is 2.27. The van der Waals surface area contributed by atoms with Gasteiger partial charge in [0.1, 0.15) is 6.10 Å². The smallest absolute Gasteiger partial charge is 0.101 e. The Kier molecular flexibility index (Phi) is 3.26. The van der Waals surface area contributed by atoms with Crippen LogP contribution in [-0.4, -0.2) is 37.6 Å². The van der Waals surface area contributed by atoms with Crippen LogP contribution in [0.5, 0.6) is 0 Å². The molecule has 0 unspecified atom stereocenters. The molecule has 1 aliphatic rings. The first-order valence-electron chi connectivity index (χ1n) is 4.11. The number of aliphatic hydroxyl groups is 1. The Morgan fingerprint density at radius 2 is 2.08 bits per heavy atom. The van der Waals surface area contributed by atoms with Crippen LogP contribution in [0.4, 0.5) is 0 Å². The topological polar surface area (TPSA) is 38.7 Å². The molecule has 0 amide bonds. The molecule has 3 atom stereocenters. The Balaban J connectivity index is 2.69. The average molecular weight is 172 g/mol. The zero-order chi connectivity index (χ0) is 9.14. The third kappa shape index (κ3) is 1.86. The fraction of sp³-hybridized carbons (Fsp3) is 0.778. The summed E-state index contributed by atoms with van der Waals surface area (Å²) in [5, 5.41) is 9.54. The highest BCUT2D eigenvalue weighted by Crippen LogP contribution is 2.22. The molecule has 0 radical (unpaired) electrons. The van der Waals surface area contributed by atoms with E-state index in [0.29, 0.717) is 6.42 Å². The van der Waals surface area contributed by atoms with Crippen molar-refractivity contribution < 1.29 is 14.6 Å². The maximum absolute atomic E-state index is 9.54. The van der Waals surface area contributed by atoms with Gasteiger partial charge in [-0.05, 0) is 12.5 Å². The molecule has 3 heteroatoms. The van der Waals surface area contributed by atoms with E-state index in [9.17, 15) is 5.11 Å². The standard InChI is InChI=1S/C9H16O3/c1-6-4-9(12-3)7(10)5-8(6)11-2/h4,7-10H,5H2,1-3H3/t7-,8-,9-/m0/s1. The summed E-state index contributed by atoms with van der Waals surface area (Å²) in [5.41, 5.74) is 1.13. The quantitative estimate of drug-likeness (QED) is 0.624. The summed E-state index contributed by atoms with van der Waals surface area (Å²) in [7, 11) is 3.26. The lowest BCUT2D eigenvalue weighted by Gasteiger charge is -2.29. The summed E-state index contributed by atoms with van der Waals surface area (Å²) < 4.78 is 10.3. The predicted octanol–water partition coefficient (Wildman–Crippen LogP) is 0.727. The molecule has 0 fully saturated rings. The van der Waals surface area contributed by atoms with Crippen molar-refractivity contribution in [1.29, 1.82) is 0 Å². The second-order valence-electron chi connectivity index (χ2n) is 3.14. The molecule has 0 bridgehead atoms. The number of rotatable bonds is 2. The van der Waals surface area contributed by atoms with Crippen molar-refractivity contribution >= 4 is 0 Å². The Morgan fingerprint density at radius 3 is 2.58 bits per heavy atom. The molecular formula is C9H16O3. The summed E-state index contributed by atoms with van der Waals surface area (Å²) in [4.78, 5) is 0. The van der Waals surface area contributed by atoms with Gasteiger partial charge in [0.2, 0.25) is 0 Å². The molecular weight excluding hydrogens is 156 g/mol. The molecule has 0 saturated heterocycles. The van der Waals surface area contributed by atoms with Crippen LogP contribution in [0.15, 0.2) is 11.6 Å². The van der Waals surface area contributed by atoms with E-state index in [-0.39, 0.29) is 12.2 Å². The Bertz CT molecular complexity index is 177. The van der Waals surface area contributed by atoms with E-state index >= 15 is 0 Å². The van der Waals surface area contributed by atoms with Crippen LogP contribution in [0.2, 0.25) is 0 Å². The summed E-state index contributed by atoms with van der Waals surface area (Å²) in [6, 6.07) is 0. The minimum atomic E-state index is -0.441. The van der Waals surface area contributed by atoms with Crippen LogP contribution < -0.4 is 0 Å². The van der Waals surface area contributed by atoms with Gasteiger partial charge in [-0.25, -0.2) is 0 Å². The summed E-state index contributed by atoms with van der Waals surface area (Å²) in [5.74, 6) is 0. The second kappa shape index (κ2) is 4.03. The van der Waals surface area contributed by atoms with Gasteiger partial charge in [0.25, 0.3) is 0 Å². The Hall–Kier alpha value is -0.380. The van der Waals surface area contributed by atoms with Crippen molar-refractivity contribution in [1.82, 2.24) is 0 Å². The van der Waals surface area contributed by atoms with Gasteiger partial charge in [-0.2, -0.15) is 0 Å². The fourth-order valence-corrected chi connectivity index (χ4v) is 1.52. The van der Waals surface area contributed by atoms with E-state index < -0.39 is 6.10 Å². The van der Waals surface area contributed by atoms with Gasteiger partial charge in [0.05, 0.1) is 12.2 Å². The van der Waals surface area contributed by atoms with E-state index in [0.717, 1.165) is 5.57 Å². The fourth-order valence-electron chi connectivity index (χ4n) is 1.52. The zero-order valence-electron chi connectivity index (χ0n) is 7.78. The van der Waals surface area contributed by atoms with Gasteiger partial charge in [0.15, 0.2) is 0 Å². The van der Waals surface area contributed by atoms with Crippen molar-refractivity contribution in [2.24, 2.45) is 0 Å². The average Bonchev–Trinajstić information content (AvgIpc) is 2.08. The molecule has 0 aromatic rings. The maximum atomic E-state index is 9.54. The lowest BCUT2D eigenvalue weighted by Crippen LogP contribution is -2.36. The van der Waals surface area contributed by atoms with Gasteiger partial charge in [-0.15, -0.1) is 0 Å². The van der Waals surface area contributed by atoms with Crippen LogP contribution in [-0.2, 0) is 9.47 Å². The minimum absolute atomic E-state index is 0.0476. The van der Waals surface area contributed by atoms with Gasteiger partial charge in [-0.3, -0.25) is 0 Å². The molecule has 12 heavy (non-hydrogen) atoms. The normalized spacial score (nSPS) is 36.3. The van der Waals surface area contributed by atoms with E-state index in [4.69, 9.17) is 9.47 Å². The van der Waals surface area contributed by atoms with E-state index in [1.54, 1.807) is 14.2 Å². The van der Waals surface area contributed by atoms with Crippen LogP contribution in [0.1, 0.15) is 13.3 Å². The molecule has 0 saturated carbocycles. The highest BCUT2D eigenvalue weighted by atomic mass is 16.5. The molecule has 70 valence electrons. The molecule has 0 heterocycles. The molecule has 1 aliphatic carbocycles. The van der Waals surface area contributed by atoms with Crippen molar-refractivity contribution in [2.75, 3.05) is 14.2 Å². The largest absolute Gasteiger partial charge is 0.390 e. The van der Waals surface area contributed by atoms with Gasteiger partial charge >= 0.3 is 0 Å². The van der Waals surface area contributed by atoms with Crippen LogP contribution in [0, 0.1) is 0 Å². The monoisotopic (exact) mass is 172 g/mol. The van der Waals surface area contributed by atoms with Crippen LogP contribution in [0.3, 0.4) is 0 Å². The molecule has 0 aliphatic heterocycles. The first-order valence-corrected chi connectivity index (χ1v) is 4.11. The molecule has 1 N–H and O–H groups in total. The number of ether oxygens (including phenoxy) is 2. The highest BCUT2D eigenvalue weighted by molar-refractivity contribution is 5.14. The first kappa shape index (κ1) is 9.71. The van der Waals surface area contributed by atoms with E-state index in [2.05, 4.69) is 0 Å². The summed E-state index contributed by atoms with van der Waals surface area (Å²) in [6.45, 7) is 1.99. The Labute approximate surface area is 73.0 Å². The number of hydrogen-bond donors (Lipinski definition) is 1. The summed E-state index contributed by atoms with van der Waals surface area (Å²) >= 11 is 0. The number of methoxy groups -OCH3 is 2. The minimum Gasteiger partial charge on any atom is -0.390 e. The third-order valence-electron chi connectivity index (χ3n) is 2.33. The summed E-state index contributed by atoms with van der Waals surface area (Å²) in [6.07, 6.45) is 1.98. The predicted molar refractivity (Wildman–Crippen MR) is 46.0 cm³/mol. The third-order valence-corrected chi connectivity index (χ3v) is 2.33. The number of aliphatic hydroxyl groups excluding tert-OH is 1. The first-order chi connectivity index (χ1) is 5.69. The van der Waals surface area contributed by atoms with Crippen molar-refractivity contribution in [3.63, 3.8) is 0 Å². The maximum Gasteiger partial charge on any atom is 0.101 e. The van der Waals surface area contributed by atoms with E-state index in [1.165, 1.54) is 0 Å². The van der Waals surface area contributed by atoms with Crippen LogP contribution in [0.25, 0.3) is 0 Å². The van der Waals surface area contributed by atoms with Gasteiger partial charge in [-0.1, -0.05) is 6.08 Å². The van der Waals surface area contributed by atoms with E-state index in [1.807, 2.05) is 13.0 Å². The van der Waals surface area contributed by atoms with Gasteiger partial charge < -0.3 is 14.6 Å². The zero-order valence-corrected chi connectivity index (χ0v) is 7.78. The molecule has 0 spiro atoms.